The van der Waals surface area contributed by atoms with Crippen LogP contribution in [-0.2, 0) is 17.6 Å². The molecule has 10 nitrogen and oxygen atoms in total. The van der Waals surface area contributed by atoms with Gasteiger partial charge < -0.3 is 19.2 Å². The number of carboxylic acid groups (broad SMARTS) is 1. The molecule has 0 saturated heterocycles. The smallest absolute Gasteiger partial charge is 0.414 e. The van der Waals surface area contributed by atoms with E-state index in [0.29, 0.717) is 11.0 Å². The third-order valence-corrected chi connectivity index (χ3v) is 4.78. The van der Waals surface area contributed by atoms with Crippen molar-refractivity contribution >= 4 is 23.0 Å². The monoisotopic (exact) mass is 440 g/mol. The molecule has 0 spiro atoms. The van der Waals surface area contributed by atoms with Gasteiger partial charge in [-0.05, 0) is 23.3 Å². The van der Waals surface area contributed by atoms with Crippen LogP contribution in [0.4, 0.5) is 4.79 Å². The number of nitro groups is 1. The molecular weight excluding hydrogens is 420 g/mol. The standard InChI is InChI=1S/C22H20N2O8/c1-23(2)22(28)31-15-8-9-16-17(12-20(25)26)18(21(27)32-19(16)11-15)10-13-4-3-5-14(7-6-13)24(29)30/h3-6,8-9,11H,7,10,12H2,1-2H3,(H,25,26). The fourth-order valence-electron chi connectivity index (χ4n) is 3.20. The summed E-state index contributed by atoms with van der Waals surface area (Å²) in [5.41, 5.74) is 0.404. The molecule has 1 aliphatic carbocycles. The molecule has 0 bridgehead atoms. The average Bonchev–Trinajstić information content (AvgIpc) is 2.95. The first-order valence-corrected chi connectivity index (χ1v) is 9.56. The number of nitrogens with zero attached hydrogens (tertiary/aromatic N) is 2. The predicted octanol–water partition coefficient (Wildman–Crippen LogP) is 3.07. The molecule has 166 valence electrons. The number of amides is 1. The largest absolute Gasteiger partial charge is 0.481 e. The number of carbonyl (C=O) groups is 2. The van der Waals surface area contributed by atoms with E-state index in [1.165, 1.54) is 49.3 Å². The molecule has 10 heteroatoms. The minimum absolute atomic E-state index is 0.00681. The van der Waals surface area contributed by atoms with Gasteiger partial charge in [0.05, 0.1) is 17.8 Å². The van der Waals surface area contributed by atoms with Gasteiger partial charge in [0, 0.05) is 43.6 Å². The van der Waals surface area contributed by atoms with Crippen molar-refractivity contribution in [1.82, 2.24) is 4.90 Å². The lowest BCUT2D eigenvalue weighted by Gasteiger charge is -2.13. The van der Waals surface area contributed by atoms with E-state index in [0.717, 1.165) is 0 Å². The number of hydrogen-bond acceptors (Lipinski definition) is 7. The van der Waals surface area contributed by atoms with E-state index in [2.05, 4.69) is 0 Å². The van der Waals surface area contributed by atoms with Crippen molar-refractivity contribution in [2.45, 2.75) is 19.3 Å². The van der Waals surface area contributed by atoms with Crippen molar-refractivity contribution in [3.8, 4) is 5.75 Å². The topological polar surface area (TPSA) is 140 Å². The Balaban J connectivity index is 2.03. The first-order valence-electron chi connectivity index (χ1n) is 9.56. The minimum atomic E-state index is -1.14. The molecule has 3 rings (SSSR count). The predicted molar refractivity (Wildman–Crippen MR) is 114 cm³/mol. The highest BCUT2D eigenvalue weighted by Crippen LogP contribution is 2.27. The second-order valence-electron chi connectivity index (χ2n) is 7.27. The van der Waals surface area contributed by atoms with Crippen molar-refractivity contribution in [1.29, 1.82) is 0 Å². The van der Waals surface area contributed by atoms with E-state index < -0.39 is 29.0 Å². The molecule has 1 N–H and O–H groups in total. The number of rotatable bonds is 6. The van der Waals surface area contributed by atoms with Crippen LogP contribution in [-0.4, -0.2) is 41.1 Å². The molecule has 1 aromatic heterocycles. The van der Waals surface area contributed by atoms with Gasteiger partial charge in [-0.25, -0.2) is 9.59 Å². The molecule has 0 saturated carbocycles. The van der Waals surface area contributed by atoms with Crippen LogP contribution < -0.4 is 10.4 Å². The molecule has 2 aromatic rings. The molecule has 1 heterocycles. The van der Waals surface area contributed by atoms with Gasteiger partial charge in [-0.2, -0.15) is 0 Å². The summed E-state index contributed by atoms with van der Waals surface area (Å²) < 4.78 is 10.6. The molecule has 1 aliphatic rings. The lowest BCUT2D eigenvalue weighted by molar-refractivity contribution is -0.426. The van der Waals surface area contributed by atoms with Crippen molar-refractivity contribution in [2.24, 2.45) is 0 Å². The summed E-state index contributed by atoms with van der Waals surface area (Å²) in [5.74, 6) is -0.995. The Bertz CT molecular complexity index is 1250. The summed E-state index contributed by atoms with van der Waals surface area (Å²) in [6.07, 6.45) is 5.22. The van der Waals surface area contributed by atoms with Gasteiger partial charge >= 0.3 is 17.7 Å². The zero-order chi connectivity index (χ0) is 23.4. The van der Waals surface area contributed by atoms with Gasteiger partial charge in [-0.15, -0.1) is 0 Å². The fourth-order valence-corrected chi connectivity index (χ4v) is 3.20. The SMILES string of the molecule is CN(C)C(=O)Oc1ccc2c(CC(=O)O)c(CC3=CCC([N+](=O)[O-])=CC=C3)c(=O)oc2c1. The number of aliphatic carboxylic acids is 1. The molecular formula is C22H20N2O8. The minimum Gasteiger partial charge on any atom is -0.481 e. The summed E-state index contributed by atoms with van der Waals surface area (Å²) in [6, 6.07) is 4.37. The molecule has 0 radical (unpaired) electrons. The number of carboxylic acids is 1. The van der Waals surface area contributed by atoms with Gasteiger partial charge in [0.2, 0.25) is 5.70 Å². The van der Waals surface area contributed by atoms with Crippen LogP contribution in [0.3, 0.4) is 0 Å². The molecule has 1 aromatic carbocycles. The van der Waals surface area contributed by atoms with E-state index >= 15 is 0 Å². The van der Waals surface area contributed by atoms with Crippen LogP contribution >= 0.6 is 0 Å². The number of benzene rings is 1. The maximum Gasteiger partial charge on any atom is 0.414 e. The molecule has 0 atom stereocenters. The van der Waals surface area contributed by atoms with Crippen molar-refractivity contribution in [2.75, 3.05) is 14.1 Å². The van der Waals surface area contributed by atoms with E-state index in [1.54, 1.807) is 12.2 Å². The highest BCUT2D eigenvalue weighted by atomic mass is 16.6. The number of carbonyl (C=O) groups excluding carboxylic acids is 1. The van der Waals surface area contributed by atoms with E-state index in [-0.39, 0.29) is 41.0 Å². The van der Waals surface area contributed by atoms with Crippen LogP contribution in [0.15, 0.2) is 63.0 Å². The van der Waals surface area contributed by atoms with Crippen LogP contribution in [0.2, 0.25) is 0 Å². The Kier molecular flexibility index (Phi) is 6.53. The molecule has 0 fully saturated rings. The molecule has 32 heavy (non-hydrogen) atoms. The van der Waals surface area contributed by atoms with Gasteiger partial charge in [0.15, 0.2) is 0 Å². The quantitative estimate of drug-likeness (QED) is 0.410. The number of allylic oxidation sites excluding steroid dienone is 5. The summed E-state index contributed by atoms with van der Waals surface area (Å²) >= 11 is 0. The Morgan fingerprint density at radius 2 is 2.03 bits per heavy atom. The lowest BCUT2D eigenvalue weighted by Crippen LogP contribution is -2.25. The highest BCUT2D eigenvalue weighted by molar-refractivity contribution is 5.87. The van der Waals surface area contributed by atoms with Crippen LogP contribution in [0.25, 0.3) is 11.0 Å². The Morgan fingerprint density at radius 3 is 2.69 bits per heavy atom. The summed E-state index contributed by atoms with van der Waals surface area (Å²) in [6.45, 7) is 0. The first-order chi connectivity index (χ1) is 15.2. The molecule has 0 unspecified atom stereocenters. The van der Waals surface area contributed by atoms with E-state index in [1.807, 2.05) is 0 Å². The zero-order valence-corrected chi connectivity index (χ0v) is 17.4. The third-order valence-electron chi connectivity index (χ3n) is 4.78. The lowest BCUT2D eigenvalue weighted by atomic mass is 9.96. The van der Waals surface area contributed by atoms with Gasteiger partial charge in [-0.1, -0.05) is 18.2 Å². The second-order valence-corrected chi connectivity index (χ2v) is 7.27. The number of fused-ring (bicyclic) bond motifs is 1. The van der Waals surface area contributed by atoms with E-state index in [9.17, 15) is 29.6 Å². The van der Waals surface area contributed by atoms with Gasteiger partial charge in [0.1, 0.15) is 11.3 Å². The summed E-state index contributed by atoms with van der Waals surface area (Å²) in [7, 11) is 3.03. The van der Waals surface area contributed by atoms with Crippen LogP contribution in [0, 0.1) is 10.1 Å². The van der Waals surface area contributed by atoms with Gasteiger partial charge in [0.25, 0.3) is 0 Å². The highest BCUT2D eigenvalue weighted by Gasteiger charge is 2.20. The Hall–Kier alpha value is -4.21. The Morgan fingerprint density at radius 1 is 1.28 bits per heavy atom. The summed E-state index contributed by atoms with van der Waals surface area (Å²) in [5, 5.41) is 20.8. The molecule has 0 aliphatic heterocycles. The van der Waals surface area contributed by atoms with Gasteiger partial charge in [-0.3, -0.25) is 14.9 Å². The van der Waals surface area contributed by atoms with E-state index in [4.69, 9.17) is 9.15 Å². The van der Waals surface area contributed by atoms with Crippen molar-refractivity contribution < 1.29 is 28.8 Å². The van der Waals surface area contributed by atoms with Crippen molar-refractivity contribution in [3.05, 3.63) is 85.4 Å². The maximum atomic E-state index is 12.8. The molecule has 1 amide bonds. The number of hydrogen-bond donors (Lipinski definition) is 1. The number of ether oxygens (including phenoxy) is 1. The summed E-state index contributed by atoms with van der Waals surface area (Å²) in [4.78, 5) is 47.8. The second kappa shape index (κ2) is 9.29. The van der Waals surface area contributed by atoms with Crippen LogP contribution in [0.1, 0.15) is 17.5 Å². The average molecular weight is 440 g/mol. The maximum absolute atomic E-state index is 12.8. The Labute approximate surface area is 181 Å². The normalized spacial score (nSPS) is 13.2. The first kappa shape index (κ1) is 22.5. The van der Waals surface area contributed by atoms with Crippen molar-refractivity contribution in [3.63, 3.8) is 0 Å². The third kappa shape index (κ3) is 5.09. The fraction of sp³-hybridized carbons (Fsp3) is 0.227. The zero-order valence-electron chi connectivity index (χ0n) is 17.4. The van der Waals surface area contributed by atoms with Crippen LogP contribution in [0.5, 0.6) is 5.75 Å².